The second-order valence-electron chi connectivity index (χ2n) is 1.35. The average molecular weight is 125 g/mol. The Morgan fingerprint density at radius 2 is 2.00 bits per heavy atom. The van der Waals surface area contributed by atoms with Crippen LogP contribution in [0.1, 0.15) is 19.8 Å². The fourth-order valence-corrected chi connectivity index (χ4v) is 1.06. The van der Waals surface area contributed by atoms with Crippen LogP contribution in [-0.2, 0) is 0 Å². The van der Waals surface area contributed by atoms with Gasteiger partial charge in [-0.05, 0) is 0 Å². The molecule has 0 fully saturated rings. The van der Waals surface area contributed by atoms with E-state index in [4.69, 9.17) is 0 Å². The summed E-state index contributed by atoms with van der Waals surface area (Å²) < 4.78 is 0. The summed E-state index contributed by atoms with van der Waals surface area (Å²) in [5, 5.41) is 0. The molecule has 0 unspecified atom stereocenters. The van der Waals surface area contributed by atoms with Crippen LogP contribution in [0.15, 0.2) is 0 Å². The van der Waals surface area contributed by atoms with Crippen molar-refractivity contribution < 1.29 is 0 Å². The van der Waals surface area contributed by atoms with Crippen molar-refractivity contribution in [3.05, 3.63) is 0 Å². The lowest BCUT2D eigenvalue weighted by molar-refractivity contribution is 0.884. The van der Waals surface area contributed by atoms with Gasteiger partial charge in [0, 0.05) is 10.2 Å². The molecule has 6 heavy (non-hydrogen) atoms. The van der Waals surface area contributed by atoms with Gasteiger partial charge in [-0.2, -0.15) is 0 Å². The molecule has 0 aromatic rings. The van der Waals surface area contributed by atoms with Crippen molar-refractivity contribution in [1.29, 1.82) is 0 Å². The minimum Gasteiger partial charge on any atom is -0.147 e. The Bertz CT molecular complexity index is 15.0. The predicted molar refractivity (Wildman–Crippen MR) is 36.9 cm³/mol. The first-order chi connectivity index (χ1) is 2.41. The summed E-state index contributed by atoms with van der Waals surface area (Å²) in [6.45, 7) is 2.23. The van der Waals surface area contributed by atoms with Crippen molar-refractivity contribution >= 4 is 22.6 Å². The van der Waals surface area contributed by atoms with E-state index in [1.807, 2.05) is 0 Å². The van der Waals surface area contributed by atoms with E-state index >= 15 is 0 Å². The lowest BCUT2D eigenvalue weighted by Crippen LogP contribution is -1.63. The molecule has 0 nitrogen and oxygen atoms in total. The Morgan fingerprint density at radius 3 is 2.00 bits per heavy atom. The van der Waals surface area contributed by atoms with Crippen molar-refractivity contribution in [1.82, 2.24) is 0 Å². The molecular formula is C4H13ClSi. The topological polar surface area (TPSA) is 0 Å². The molecule has 0 heterocycles. The fourth-order valence-electron chi connectivity index (χ4n) is 0.354. The quantitative estimate of drug-likeness (QED) is 0.482. The molecule has 0 rings (SSSR count). The van der Waals surface area contributed by atoms with Gasteiger partial charge in [0.1, 0.15) is 0 Å². The molecule has 0 atom stereocenters. The third kappa shape index (κ3) is 8.82. The van der Waals surface area contributed by atoms with E-state index in [0.29, 0.717) is 0 Å². The zero-order chi connectivity index (χ0) is 4.12. The maximum Gasteiger partial charge on any atom is 0.00279 e. The third-order valence-electron chi connectivity index (χ3n) is 0.707. The van der Waals surface area contributed by atoms with Crippen LogP contribution in [-0.4, -0.2) is 10.2 Å². The van der Waals surface area contributed by atoms with Crippen molar-refractivity contribution in [2.45, 2.75) is 25.8 Å². The van der Waals surface area contributed by atoms with Crippen LogP contribution < -0.4 is 0 Å². The van der Waals surface area contributed by atoms with Gasteiger partial charge in [-0.15, -0.1) is 12.4 Å². The number of hydrogen-bond donors (Lipinski definition) is 0. The van der Waals surface area contributed by atoms with Gasteiger partial charge in [-0.3, -0.25) is 0 Å². The minimum atomic E-state index is 0. The van der Waals surface area contributed by atoms with E-state index in [1.54, 1.807) is 0 Å². The van der Waals surface area contributed by atoms with Crippen molar-refractivity contribution in [3.8, 4) is 0 Å². The maximum atomic E-state index is 2.23. The van der Waals surface area contributed by atoms with Crippen LogP contribution in [0, 0.1) is 0 Å². The first-order valence-corrected chi connectivity index (χ1v) is 3.83. The minimum absolute atomic E-state index is 0. The summed E-state index contributed by atoms with van der Waals surface area (Å²) in [6.07, 6.45) is 2.83. The lowest BCUT2D eigenvalue weighted by atomic mass is 10.4. The molecule has 0 aliphatic rings. The van der Waals surface area contributed by atoms with Gasteiger partial charge in [0.15, 0.2) is 0 Å². The van der Waals surface area contributed by atoms with E-state index in [0.717, 1.165) is 0 Å². The Balaban J connectivity index is 0. The second-order valence-corrected chi connectivity index (χ2v) is 2.35. The normalized spacial score (nSPS) is 7.50. The summed E-state index contributed by atoms with van der Waals surface area (Å²) >= 11 is 0. The number of unbranched alkanes of at least 4 members (excludes halogenated alkanes) is 1. The smallest absolute Gasteiger partial charge is 0.00279 e. The molecule has 0 radical (unpaired) electrons. The summed E-state index contributed by atoms with van der Waals surface area (Å²) in [7, 11) is 1.40. The van der Waals surface area contributed by atoms with Crippen molar-refractivity contribution in [2.24, 2.45) is 0 Å². The van der Waals surface area contributed by atoms with Gasteiger partial charge < -0.3 is 0 Å². The highest BCUT2D eigenvalue weighted by Crippen LogP contribution is 1.86. The van der Waals surface area contributed by atoms with E-state index < -0.39 is 0 Å². The van der Waals surface area contributed by atoms with E-state index in [9.17, 15) is 0 Å². The fraction of sp³-hybridized carbons (Fsp3) is 1.00. The Labute approximate surface area is 49.2 Å². The van der Waals surface area contributed by atoms with E-state index in [1.165, 1.54) is 29.1 Å². The SMILES string of the molecule is CCCC[SiH3].Cl. The van der Waals surface area contributed by atoms with Gasteiger partial charge in [-0.25, -0.2) is 0 Å². The molecule has 0 aromatic carbocycles. The molecule has 0 spiro atoms. The molecule has 0 saturated carbocycles. The summed E-state index contributed by atoms with van der Waals surface area (Å²) in [4.78, 5) is 0. The number of halogens is 1. The van der Waals surface area contributed by atoms with Gasteiger partial charge in [0.25, 0.3) is 0 Å². The largest absolute Gasteiger partial charge is 0.147 e. The lowest BCUT2D eigenvalue weighted by Gasteiger charge is -1.79. The third-order valence-corrected chi connectivity index (χ3v) is 1.41. The van der Waals surface area contributed by atoms with Crippen LogP contribution in [0.4, 0.5) is 0 Å². The van der Waals surface area contributed by atoms with Crippen LogP contribution >= 0.6 is 12.4 Å². The molecule has 0 amide bonds. The summed E-state index contributed by atoms with van der Waals surface area (Å²) in [5.74, 6) is 0. The van der Waals surface area contributed by atoms with Crippen molar-refractivity contribution in [3.63, 3.8) is 0 Å². The van der Waals surface area contributed by atoms with Crippen LogP contribution in [0.3, 0.4) is 0 Å². The highest BCUT2D eigenvalue weighted by atomic mass is 35.5. The molecule has 0 saturated heterocycles. The molecule has 0 aliphatic carbocycles. The summed E-state index contributed by atoms with van der Waals surface area (Å²) in [6, 6.07) is 1.48. The summed E-state index contributed by atoms with van der Waals surface area (Å²) in [5.41, 5.74) is 0. The van der Waals surface area contributed by atoms with E-state index in [-0.39, 0.29) is 12.4 Å². The molecule has 0 bridgehead atoms. The van der Waals surface area contributed by atoms with Gasteiger partial charge in [0.2, 0.25) is 0 Å². The Hall–Kier alpha value is 0.507. The van der Waals surface area contributed by atoms with Crippen LogP contribution in [0.2, 0.25) is 6.04 Å². The highest BCUT2D eigenvalue weighted by Gasteiger charge is 1.68. The second kappa shape index (κ2) is 9.10. The zero-order valence-electron chi connectivity index (χ0n) is 4.53. The highest BCUT2D eigenvalue weighted by molar-refractivity contribution is 6.08. The first kappa shape index (κ1) is 9.71. The van der Waals surface area contributed by atoms with Gasteiger partial charge in [-0.1, -0.05) is 25.8 Å². The molecular weight excluding hydrogens is 112 g/mol. The van der Waals surface area contributed by atoms with Crippen LogP contribution in [0.5, 0.6) is 0 Å². The molecule has 2 heteroatoms. The van der Waals surface area contributed by atoms with Gasteiger partial charge >= 0.3 is 0 Å². The van der Waals surface area contributed by atoms with Gasteiger partial charge in [0.05, 0.1) is 0 Å². The molecule has 0 aliphatic heterocycles. The predicted octanol–water partition coefficient (Wildman–Crippen LogP) is 0.992. The zero-order valence-corrected chi connectivity index (χ0v) is 7.35. The first-order valence-electron chi connectivity index (χ1n) is 2.41. The number of rotatable bonds is 2. The van der Waals surface area contributed by atoms with Crippen LogP contribution in [0.25, 0.3) is 0 Å². The number of hydrogen-bond acceptors (Lipinski definition) is 0. The van der Waals surface area contributed by atoms with Crippen molar-refractivity contribution in [2.75, 3.05) is 0 Å². The van der Waals surface area contributed by atoms with E-state index in [2.05, 4.69) is 6.92 Å². The monoisotopic (exact) mass is 124 g/mol. The molecule has 40 valence electrons. The molecule has 0 aromatic heterocycles. The standard InChI is InChI=1S/C4H12Si.ClH/c1-2-3-4-5;/h2-4H2,1,5H3;1H. The maximum absolute atomic E-state index is 2.23. The Kier molecular flexibility index (Phi) is 14.7. The average Bonchev–Trinajstić information content (AvgIpc) is 1.41. The Morgan fingerprint density at radius 1 is 1.50 bits per heavy atom. The molecule has 0 N–H and O–H groups in total.